The number of methoxy groups -OCH3 is 1. The molecule has 0 bridgehead atoms. The number of benzene rings is 1. The normalized spacial score (nSPS) is 20.6. The minimum Gasteiger partial charge on any atom is -0.493 e. The van der Waals surface area contributed by atoms with E-state index >= 15 is 0 Å². The highest BCUT2D eigenvalue weighted by Gasteiger charge is 2.23. The fraction of sp³-hybridized carbons (Fsp3) is 0.650. The zero-order valence-corrected chi connectivity index (χ0v) is 17.2. The molecule has 2 N–H and O–H groups in total. The molecule has 0 spiro atoms. The van der Waals surface area contributed by atoms with E-state index in [1.807, 2.05) is 31.2 Å². The maximum atomic E-state index is 5.97. The molecule has 2 rings (SSSR count). The monoisotopic (exact) mass is 378 g/mol. The molecule has 3 atom stereocenters. The lowest BCUT2D eigenvalue weighted by molar-refractivity contribution is -0.0174. The lowest BCUT2D eigenvalue weighted by Crippen LogP contribution is -2.53. The van der Waals surface area contributed by atoms with Gasteiger partial charge >= 0.3 is 0 Å². The van der Waals surface area contributed by atoms with Gasteiger partial charge in [-0.25, -0.2) is 0 Å². The van der Waals surface area contributed by atoms with E-state index in [1.54, 1.807) is 14.2 Å². The summed E-state index contributed by atoms with van der Waals surface area (Å²) in [6.07, 6.45) is -0.0310. The topological polar surface area (TPSA) is 67.4 Å². The van der Waals surface area contributed by atoms with Gasteiger partial charge in [0.2, 0.25) is 0 Å². The maximum Gasteiger partial charge on any atom is 0.191 e. The Bertz CT molecular complexity index is 596. The van der Waals surface area contributed by atoms with E-state index < -0.39 is 0 Å². The average Bonchev–Trinajstić information content (AvgIpc) is 2.68. The number of para-hydroxylation sites is 2. The van der Waals surface area contributed by atoms with Crippen molar-refractivity contribution in [3.63, 3.8) is 0 Å². The van der Waals surface area contributed by atoms with Gasteiger partial charge in [-0.2, -0.15) is 0 Å². The van der Waals surface area contributed by atoms with Gasteiger partial charge in [0, 0.05) is 32.2 Å². The molecular formula is C20H34N4O3. The Morgan fingerprint density at radius 1 is 1.26 bits per heavy atom. The van der Waals surface area contributed by atoms with Gasteiger partial charge in [0.05, 0.1) is 26.9 Å². The van der Waals surface area contributed by atoms with Crippen LogP contribution in [0.5, 0.6) is 11.5 Å². The highest BCUT2D eigenvalue weighted by Crippen LogP contribution is 2.26. The summed E-state index contributed by atoms with van der Waals surface area (Å²) < 4.78 is 16.8. The van der Waals surface area contributed by atoms with E-state index in [-0.39, 0.29) is 6.10 Å². The molecule has 1 aromatic carbocycles. The first-order chi connectivity index (χ1) is 13.0. The van der Waals surface area contributed by atoms with Crippen molar-refractivity contribution < 1.29 is 14.2 Å². The number of aliphatic imine (C=N–C) groups is 1. The third-order valence-corrected chi connectivity index (χ3v) is 4.73. The zero-order chi connectivity index (χ0) is 19.6. The van der Waals surface area contributed by atoms with Gasteiger partial charge in [0.15, 0.2) is 17.5 Å². The van der Waals surface area contributed by atoms with Gasteiger partial charge < -0.3 is 24.8 Å². The van der Waals surface area contributed by atoms with Crippen LogP contribution in [0.25, 0.3) is 0 Å². The van der Waals surface area contributed by atoms with E-state index in [9.17, 15) is 0 Å². The molecule has 1 aliphatic rings. The van der Waals surface area contributed by atoms with Crippen LogP contribution in [0.2, 0.25) is 0 Å². The SMILES string of the molecule is CN=C(NCC(C)Oc1ccccc1OC)NCC(C)N1CCOCC1C. The van der Waals surface area contributed by atoms with Crippen molar-refractivity contribution in [1.29, 1.82) is 0 Å². The standard InChI is InChI=1S/C20H34N4O3/c1-15(24-10-11-26-14-16(24)2)12-22-20(21-4)23-13-17(3)27-19-9-7-6-8-18(19)25-5/h6-9,15-17H,10-14H2,1-5H3,(H2,21,22,23). The van der Waals surface area contributed by atoms with Crippen molar-refractivity contribution in [3.8, 4) is 11.5 Å². The Kier molecular flexibility index (Phi) is 8.67. The summed E-state index contributed by atoms with van der Waals surface area (Å²) in [6, 6.07) is 8.52. The molecule has 3 unspecified atom stereocenters. The first-order valence-corrected chi connectivity index (χ1v) is 9.62. The first-order valence-electron chi connectivity index (χ1n) is 9.62. The molecule has 0 aliphatic carbocycles. The predicted molar refractivity (Wildman–Crippen MR) is 109 cm³/mol. The molecule has 1 saturated heterocycles. The molecule has 1 heterocycles. The summed E-state index contributed by atoms with van der Waals surface area (Å²) in [7, 11) is 3.43. The van der Waals surface area contributed by atoms with Crippen LogP contribution in [0.3, 0.4) is 0 Å². The minimum absolute atomic E-state index is 0.0310. The van der Waals surface area contributed by atoms with Gasteiger partial charge in [-0.05, 0) is 32.9 Å². The van der Waals surface area contributed by atoms with E-state index in [0.29, 0.717) is 18.6 Å². The van der Waals surface area contributed by atoms with Crippen LogP contribution in [0.4, 0.5) is 0 Å². The number of ether oxygens (including phenoxy) is 3. The number of hydrogen-bond donors (Lipinski definition) is 2. The van der Waals surface area contributed by atoms with Crippen LogP contribution >= 0.6 is 0 Å². The van der Waals surface area contributed by atoms with Crippen molar-refractivity contribution in [2.75, 3.05) is 47.0 Å². The van der Waals surface area contributed by atoms with Gasteiger partial charge in [-0.15, -0.1) is 0 Å². The second-order valence-electron chi connectivity index (χ2n) is 6.92. The summed E-state index contributed by atoms with van der Waals surface area (Å²) in [6.45, 7) is 10.5. The van der Waals surface area contributed by atoms with Crippen LogP contribution in [0.1, 0.15) is 20.8 Å². The van der Waals surface area contributed by atoms with E-state index in [4.69, 9.17) is 14.2 Å². The number of hydrogen-bond acceptors (Lipinski definition) is 5. The fourth-order valence-electron chi connectivity index (χ4n) is 3.19. The van der Waals surface area contributed by atoms with Gasteiger partial charge in [-0.1, -0.05) is 12.1 Å². The Morgan fingerprint density at radius 2 is 1.96 bits per heavy atom. The first kappa shape index (κ1) is 21.3. The van der Waals surface area contributed by atoms with Crippen LogP contribution in [0.15, 0.2) is 29.3 Å². The van der Waals surface area contributed by atoms with Crippen molar-refractivity contribution in [2.24, 2.45) is 4.99 Å². The summed E-state index contributed by atoms with van der Waals surface area (Å²) in [5.41, 5.74) is 0. The number of guanidine groups is 1. The van der Waals surface area contributed by atoms with E-state index in [2.05, 4.69) is 34.4 Å². The number of morpholine rings is 1. The van der Waals surface area contributed by atoms with Crippen LogP contribution in [-0.2, 0) is 4.74 Å². The van der Waals surface area contributed by atoms with Gasteiger partial charge in [0.1, 0.15) is 6.10 Å². The molecule has 1 fully saturated rings. The smallest absolute Gasteiger partial charge is 0.191 e. The molecule has 7 heteroatoms. The summed E-state index contributed by atoms with van der Waals surface area (Å²) in [4.78, 5) is 6.78. The lowest BCUT2D eigenvalue weighted by Gasteiger charge is -2.38. The highest BCUT2D eigenvalue weighted by molar-refractivity contribution is 5.79. The molecular weight excluding hydrogens is 344 g/mol. The van der Waals surface area contributed by atoms with Gasteiger partial charge in [0.25, 0.3) is 0 Å². The molecule has 0 saturated carbocycles. The number of nitrogens with one attached hydrogen (secondary N) is 2. The second-order valence-corrected chi connectivity index (χ2v) is 6.92. The highest BCUT2D eigenvalue weighted by atomic mass is 16.5. The second kappa shape index (κ2) is 11.0. The summed E-state index contributed by atoms with van der Waals surface area (Å²) in [5.74, 6) is 2.26. The summed E-state index contributed by atoms with van der Waals surface area (Å²) in [5, 5.41) is 6.73. The molecule has 0 radical (unpaired) electrons. The van der Waals surface area contributed by atoms with Crippen LogP contribution < -0.4 is 20.1 Å². The Morgan fingerprint density at radius 3 is 2.63 bits per heavy atom. The van der Waals surface area contributed by atoms with Crippen molar-refractivity contribution in [3.05, 3.63) is 24.3 Å². The molecule has 7 nitrogen and oxygen atoms in total. The van der Waals surface area contributed by atoms with Crippen molar-refractivity contribution >= 4 is 5.96 Å². The Labute approximate surface area is 163 Å². The molecule has 1 aliphatic heterocycles. The van der Waals surface area contributed by atoms with Crippen LogP contribution in [-0.4, -0.2) is 76.1 Å². The average molecular weight is 379 g/mol. The third kappa shape index (κ3) is 6.59. The summed E-state index contributed by atoms with van der Waals surface area (Å²) >= 11 is 0. The van der Waals surface area contributed by atoms with Crippen molar-refractivity contribution in [2.45, 2.75) is 39.0 Å². The number of nitrogens with zero attached hydrogens (tertiary/aromatic N) is 2. The molecule has 0 amide bonds. The largest absolute Gasteiger partial charge is 0.493 e. The molecule has 27 heavy (non-hydrogen) atoms. The quantitative estimate of drug-likeness (QED) is 0.531. The van der Waals surface area contributed by atoms with E-state index in [1.165, 1.54) is 0 Å². The lowest BCUT2D eigenvalue weighted by atomic mass is 10.2. The number of rotatable bonds is 8. The predicted octanol–water partition coefficient (Wildman–Crippen LogP) is 1.74. The maximum absolute atomic E-state index is 5.97. The molecule has 1 aromatic rings. The Balaban J connectivity index is 1.76. The third-order valence-electron chi connectivity index (χ3n) is 4.73. The molecule has 0 aromatic heterocycles. The zero-order valence-electron chi connectivity index (χ0n) is 17.2. The minimum atomic E-state index is -0.0310. The Hall–Kier alpha value is -1.99. The van der Waals surface area contributed by atoms with Gasteiger partial charge in [-0.3, -0.25) is 9.89 Å². The van der Waals surface area contributed by atoms with Crippen LogP contribution in [0, 0.1) is 0 Å². The molecule has 152 valence electrons. The van der Waals surface area contributed by atoms with E-state index in [0.717, 1.165) is 43.8 Å². The fourth-order valence-corrected chi connectivity index (χ4v) is 3.19. The van der Waals surface area contributed by atoms with Crippen molar-refractivity contribution in [1.82, 2.24) is 15.5 Å².